The SMILES string of the molecule is [2H]C([2H])([2H])N1CCc2c(C)cc(-c3nn(COCC[Si](C)(C)C)c4cc([N+]#[C-])c(-c5c(F)cccc5OC(F)F)cc34)cc2C1. The third-order valence-electron chi connectivity index (χ3n) is 7.49. The molecule has 0 unspecified atom stereocenters. The standard InChI is InChI=1S/C32H35F3N4O2Si/c1-20-14-21(15-22-18-38(3)11-10-23(20)22)31-25-16-24(30-26(33)8-7-9-29(30)41-32(34)35)27(36-2)17-28(25)39(37-31)19-40-12-13-42(4,5)6/h7-9,14-17,32H,10-13,18-19H2,1,3-6H3/i3D3. The molecule has 0 aliphatic carbocycles. The Morgan fingerprint density at radius 3 is 2.71 bits per heavy atom. The number of halogens is 3. The van der Waals surface area contributed by atoms with Crippen molar-refractivity contribution in [2.75, 3.05) is 20.1 Å². The minimum absolute atomic E-state index is 0.0384. The van der Waals surface area contributed by atoms with Crippen LogP contribution in [0.2, 0.25) is 25.7 Å². The van der Waals surface area contributed by atoms with Crippen LogP contribution in [0.3, 0.4) is 0 Å². The van der Waals surface area contributed by atoms with E-state index in [1.807, 2.05) is 19.1 Å². The van der Waals surface area contributed by atoms with Gasteiger partial charge in [0.15, 0.2) is 5.69 Å². The fourth-order valence-corrected chi connectivity index (χ4v) is 6.12. The van der Waals surface area contributed by atoms with Crippen LogP contribution in [-0.4, -0.2) is 49.5 Å². The number of aromatic nitrogens is 2. The van der Waals surface area contributed by atoms with E-state index in [1.165, 1.54) is 17.0 Å². The number of nitrogens with zero attached hydrogens (tertiary/aromatic N) is 4. The Morgan fingerprint density at radius 1 is 1.19 bits per heavy atom. The monoisotopic (exact) mass is 595 g/mol. The van der Waals surface area contributed by atoms with Gasteiger partial charge in [-0.3, -0.25) is 0 Å². The molecule has 0 spiro atoms. The Kier molecular flexibility index (Phi) is 7.38. The molecule has 0 amide bonds. The van der Waals surface area contributed by atoms with Crippen molar-refractivity contribution in [2.45, 2.75) is 58.9 Å². The summed E-state index contributed by atoms with van der Waals surface area (Å²) in [5.74, 6) is -1.19. The summed E-state index contributed by atoms with van der Waals surface area (Å²) in [5.41, 5.74) is 4.62. The highest BCUT2D eigenvalue weighted by Crippen LogP contribution is 2.43. The molecule has 0 fully saturated rings. The van der Waals surface area contributed by atoms with Gasteiger partial charge >= 0.3 is 6.61 Å². The van der Waals surface area contributed by atoms with E-state index in [2.05, 4.69) is 29.2 Å². The number of hydrogen-bond donors (Lipinski definition) is 0. The maximum Gasteiger partial charge on any atom is 0.387 e. The summed E-state index contributed by atoms with van der Waals surface area (Å²) >= 11 is 0. The van der Waals surface area contributed by atoms with E-state index in [0.29, 0.717) is 41.7 Å². The lowest BCUT2D eigenvalue weighted by atomic mass is 9.91. The van der Waals surface area contributed by atoms with Crippen molar-refractivity contribution in [3.05, 3.63) is 76.4 Å². The minimum atomic E-state index is -3.19. The summed E-state index contributed by atoms with van der Waals surface area (Å²) in [4.78, 5) is 5.08. The molecule has 1 aromatic heterocycles. The normalized spacial score (nSPS) is 15.3. The zero-order chi connectivity index (χ0) is 32.7. The molecule has 220 valence electrons. The minimum Gasteiger partial charge on any atom is -0.434 e. The summed E-state index contributed by atoms with van der Waals surface area (Å²) < 4.78 is 77.9. The number of benzene rings is 3. The Hall–Kier alpha value is -3.65. The molecule has 1 aliphatic rings. The van der Waals surface area contributed by atoms with Gasteiger partial charge in [0.2, 0.25) is 0 Å². The predicted molar refractivity (Wildman–Crippen MR) is 162 cm³/mol. The maximum atomic E-state index is 15.3. The van der Waals surface area contributed by atoms with Crippen LogP contribution >= 0.6 is 0 Å². The summed E-state index contributed by atoms with van der Waals surface area (Å²) in [6.45, 7) is 12.5. The molecule has 0 N–H and O–H groups in total. The van der Waals surface area contributed by atoms with Crippen LogP contribution in [0.1, 0.15) is 20.8 Å². The first-order chi connectivity index (χ1) is 21.2. The van der Waals surface area contributed by atoms with Gasteiger partial charge in [0.05, 0.1) is 12.1 Å². The van der Waals surface area contributed by atoms with Crippen LogP contribution in [0, 0.1) is 19.3 Å². The van der Waals surface area contributed by atoms with Crippen LogP contribution in [0.25, 0.3) is 38.1 Å². The van der Waals surface area contributed by atoms with Crippen molar-refractivity contribution in [2.24, 2.45) is 0 Å². The van der Waals surface area contributed by atoms with E-state index in [9.17, 15) is 8.78 Å². The molecule has 6 nitrogen and oxygen atoms in total. The van der Waals surface area contributed by atoms with Gasteiger partial charge in [-0.1, -0.05) is 31.8 Å². The van der Waals surface area contributed by atoms with E-state index < -0.39 is 27.5 Å². The van der Waals surface area contributed by atoms with E-state index in [0.717, 1.165) is 28.8 Å². The fourth-order valence-electron chi connectivity index (χ4n) is 5.36. The second-order valence-corrected chi connectivity index (χ2v) is 17.4. The Morgan fingerprint density at radius 2 is 2.00 bits per heavy atom. The molecule has 0 saturated heterocycles. The van der Waals surface area contributed by atoms with Crippen molar-refractivity contribution >= 4 is 24.7 Å². The van der Waals surface area contributed by atoms with Crippen molar-refractivity contribution in [1.82, 2.24) is 14.7 Å². The lowest BCUT2D eigenvalue weighted by molar-refractivity contribution is -0.0495. The predicted octanol–water partition coefficient (Wildman–Crippen LogP) is 8.27. The average Bonchev–Trinajstić information content (AvgIpc) is 3.30. The summed E-state index contributed by atoms with van der Waals surface area (Å²) in [6, 6.07) is 11.6. The quantitative estimate of drug-likeness (QED) is 0.111. The highest BCUT2D eigenvalue weighted by molar-refractivity contribution is 6.76. The molecule has 4 aromatic rings. The zero-order valence-corrected chi connectivity index (χ0v) is 25.1. The number of alkyl halides is 2. The van der Waals surface area contributed by atoms with Crippen molar-refractivity contribution in [3.8, 4) is 28.1 Å². The molecule has 42 heavy (non-hydrogen) atoms. The molecule has 10 heteroatoms. The Bertz CT molecular complexity index is 1780. The summed E-state index contributed by atoms with van der Waals surface area (Å²) in [7, 11) is -1.36. The van der Waals surface area contributed by atoms with Gasteiger partial charge in [-0.2, -0.15) is 13.9 Å². The van der Waals surface area contributed by atoms with Gasteiger partial charge in [-0.25, -0.2) is 13.9 Å². The zero-order valence-electron chi connectivity index (χ0n) is 27.1. The molecule has 2 heterocycles. The molecule has 0 atom stereocenters. The molecular weight excluding hydrogens is 557 g/mol. The van der Waals surface area contributed by atoms with Crippen LogP contribution in [0.5, 0.6) is 5.75 Å². The first-order valence-corrected chi connectivity index (χ1v) is 17.5. The Balaban J connectivity index is 1.69. The lowest BCUT2D eigenvalue weighted by Crippen LogP contribution is -2.27. The van der Waals surface area contributed by atoms with E-state index in [4.69, 9.17) is 20.5 Å². The molecule has 0 bridgehead atoms. The highest BCUT2D eigenvalue weighted by Gasteiger charge is 2.24. The number of fused-ring (bicyclic) bond motifs is 2. The number of aryl methyl sites for hydroxylation is 1. The number of likely N-dealkylation sites (N-methyl/N-ethyl adjacent to an activating group) is 1. The number of rotatable bonds is 9. The van der Waals surface area contributed by atoms with Crippen molar-refractivity contribution in [3.63, 3.8) is 0 Å². The van der Waals surface area contributed by atoms with Crippen LogP contribution in [0.15, 0.2) is 42.5 Å². The number of hydrogen-bond acceptors (Lipinski definition) is 4. The van der Waals surface area contributed by atoms with Gasteiger partial charge in [0, 0.05) is 48.4 Å². The smallest absolute Gasteiger partial charge is 0.387 e. The molecule has 0 saturated carbocycles. The Labute approximate surface area is 249 Å². The highest BCUT2D eigenvalue weighted by atomic mass is 28.3. The van der Waals surface area contributed by atoms with E-state index in [1.54, 1.807) is 16.8 Å². The van der Waals surface area contributed by atoms with Crippen LogP contribution < -0.4 is 4.74 Å². The van der Waals surface area contributed by atoms with Gasteiger partial charge in [-0.05, 0) is 79.0 Å². The van der Waals surface area contributed by atoms with Gasteiger partial charge in [0.1, 0.15) is 24.0 Å². The number of ether oxygens (including phenoxy) is 2. The van der Waals surface area contributed by atoms with Crippen LogP contribution in [0.4, 0.5) is 18.9 Å². The molecule has 5 rings (SSSR count). The van der Waals surface area contributed by atoms with Gasteiger partial charge < -0.3 is 14.4 Å². The second-order valence-electron chi connectivity index (χ2n) is 11.8. The molecule has 3 aromatic carbocycles. The van der Waals surface area contributed by atoms with E-state index >= 15 is 4.39 Å². The average molecular weight is 596 g/mol. The lowest BCUT2D eigenvalue weighted by Gasteiger charge is -2.26. The fraction of sp³-hybridized carbons (Fsp3) is 0.375. The molecule has 0 radical (unpaired) electrons. The largest absolute Gasteiger partial charge is 0.434 e. The molecule has 1 aliphatic heterocycles. The topological polar surface area (TPSA) is 43.9 Å². The summed E-state index contributed by atoms with van der Waals surface area (Å²) in [5, 5.41) is 5.44. The second kappa shape index (κ2) is 11.9. The van der Waals surface area contributed by atoms with Gasteiger partial charge in [-0.15, -0.1) is 0 Å². The maximum absolute atomic E-state index is 15.3. The first-order valence-electron chi connectivity index (χ1n) is 15.3. The van der Waals surface area contributed by atoms with Crippen molar-refractivity contribution in [1.29, 1.82) is 0 Å². The third-order valence-corrected chi connectivity index (χ3v) is 9.19. The van der Waals surface area contributed by atoms with Gasteiger partial charge in [0.25, 0.3) is 0 Å². The third kappa shape index (κ3) is 6.23. The van der Waals surface area contributed by atoms with E-state index in [-0.39, 0.29) is 35.8 Å². The first kappa shape index (κ1) is 26.0. The van der Waals surface area contributed by atoms with Crippen molar-refractivity contribution < 1.29 is 26.8 Å². The van der Waals surface area contributed by atoms with Crippen LogP contribution in [-0.2, 0) is 24.4 Å². The summed E-state index contributed by atoms with van der Waals surface area (Å²) in [6.07, 6.45) is 0.596. The molecular formula is C32H35F3N4O2Si.